The maximum atomic E-state index is 7.34. The third kappa shape index (κ3) is 3.59. The van der Waals surface area contributed by atoms with Crippen LogP contribution in [0.3, 0.4) is 0 Å². The highest BCUT2D eigenvalue weighted by Gasteiger charge is 2.01. The molecule has 3 N–H and O–H groups in total. The van der Waals surface area contributed by atoms with Gasteiger partial charge in [0.05, 0.1) is 0 Å². The molecule has 0 saturated carbocycles. The molecule has 0 aliphatic carbocycles. The van der Waals surface area contributed by atoms with Crippen molar-refractivity contribution in [2.75, 3.05) is 5.75 Å². The second kappa shape index (κ2) is 5.81. The minimum absolute atomic E-state index is 0.144. The van der Waals surface area contributed by atoms with Crippen LogP contribution in [0.1, 0.15) is 30.0 Å². The lowest BCUT2D eigenvalue weighted by Gasteiger charge is -2.07. The Bertz CT molecular complexity index is 347. The molecule has 0 saturated heterocycles. The summed E-state index contributed by atoms with van der Waals surface area (Å²) >= 11 is 1.95. The minimum atomic E-state index is 0.144. The molecule has 15 heavy (non-hydrogen) atoms. The molecule has 0 unspecified atom stereocenters. The van der Waals surface area contributed by atoms with Gasteiger partial charge in [0.2, 0.25) is 0 Å². The van der Waals surface area contributed by atoms with Crippen LogP contribution < -0.4 is 5.73 Å². The second-order valence-electron chi connectivity index (χ2n) is 3.61. The smallest absolute Gasteiger partial charge is 0.122 e. The van der Waals surface area contributed by atoms with E-state index in [1.807, 2.05) is 23.9 Å². The normalized spacial score (nSPS) is 10.3. The summed E-state index contributed by atoms with van der Waals surface area (Å²) in [6.07, 6.45) is 1.22. The Morgan fingerprint density at radius 2 is 2.20 bits per heavy atom. The molecule has 0 atom stereocenters. The van der Waals surface area contributed by atoms with Crippen molar-refractivity contribution in [1.82, 2.24) is 0 Å². The summed E-state index contributed by atoms with van der Waals surface area (Å²) in [5.74, 6) is 2.40. The molecule has 1 aromatic rings. The Morgan fingerprint density at radius 3 is 2.73 bits per heavy atom. The van der Waals surface area contributed by atoms with E-state index in [1.165, 1.54) is 23.3 Å². The van der Waals surface area contributed by atoms with Crippen LogP contribution in [0.15, 0.2) is 18.2 Å². The van der Waals surface area contributed by atoms with Crippen LogP contribution >= 0.6 is 11.8 Å². The third-order valence-corrected chi connectivity index (χ3v) is 3.47. The van der Waals surface area contributed by atoms with Crippen molar-refractivity contribution < 1.29 is 0 Å². The van der Waals surface area contributed by atoms with Crippen molar-refractivity contribution in [1.29, 1.82) is 5.41 Å². The molecule has 0 fully saturated rings. The van der Waals surface area contributed by atoms with E-state index in [9.17, 15) is 0 Å². The van der Waals surface area contributed by atoms with Gasteiger partial charge in [-0.15, -0.1) is 0 Å². The van der Waals surface area contributed by atoms with Gasteiger partial charge in [-0.2, -0.15) is 11.8 Å². The highest BCUT2D eigenvalue weighted by atomic mass is 32.2. The summed E-state index contributed by atoms with van der Waals surface area (Å²) < 4.78 is 0. The first-order valence-corrected chi connectivity index (χ1v) is 6.32. The van der Waals surface area contributed by atoms with Crippen LogP contribution in [-0.4, -0.2) is 11.6 Å². The van der Waals surface area contributed by atoms with Gasteiger partial charge in [-0.25, -0.2) is 0 Å². The van der Waals surface area contributed by atoms with Crippen molar-refractivity contribution in [2.45, 2.75) is 26.0 Å². The second-order valence-corrected chi connectivity index (χ2v) is 4.71. The number of hydrogen-bond donors (Lipinski definition) is 2. The first-order chi connectivity index (χ1) is 7.15. The van der Waals surface area contributed by atoms with Gasteiger partial charge in [-0.3, -0.25) is 5.41 Å². The van der Waals surface area contributed by atoms with E-state index < -0.39 is 0 Å². The molecular weight excluding hydrogens is 204 g/mol. The van der Waals surface area contributed by atoms with Gasteiger partial charge in [-0.05, 0) is 36.3 Å². The van der Waals surface area contributed by atoms with Crippen LogP contribution in [0.4, 0.5) is 0 Å². The maximum absolute atomic E-state index is 7.34. The molecule has 0 radical (unpaired) electrons. The Morgan fingerprint density at radius 1 is 1.47 bits per heavy atom. The number of benzene rings is 1. The monoisotopic (exact) mass is 222 g/mol. The van der Waals surface area contributed by atoms with Crippen LogP contribution in [0.2, 0.25) is 0 Å². The van der Waals surface area contributed by atoms with Gasteiger partial charge in [0.15, 0.2) is 0 Å². The zero-order chi connectivity index (χ0) is 11.3. The van der Waals surface area contributed by atoms with E-state index in [0.29, 0.717) is 0 Å². The van der Waals surface area contributed by atoms with E-state index in [4.69, 9.17) is 11.1 Å². The number of nitrogens with one attached hydrogen (secondary N) is 1. The number of amidine groups is 1. The number of nitrogen functional groups attached to an aromatic ring is 1. The molecule has 2 nitrogen and oxygen atoms in total. The van der Waals surface area contributed by atoms with Crippen molar-refractivity contribution in [3.05, 3.63) is 34.9 Å². The van der Waals surface area contributed by atoms with Gasteiger partial charge in [-0.1, -0.05) is 19.1 Å². The predicted octanol–water partition coefficient (Wildman–Crippen LogP) is 2.92. The fraction of sp³-hybridized carbons (Fsp3) is 0.417. The number of hydrogen-bond acceptors (Lipinski definition) is 2. The summed E-state index contributed by atoms with van der Waals surface area (Å²) in [6, 6.07) is 6.00. The highest BCUT2D eigenvalue weighted by Crippen LogP contribution is 2.18. The molecule has 0 spiro atoms. The van der Waals surface area contributed by atoms with Gasteiger partial charge in [0.1, 0.15) is 5.84 Å². The Kier molecular flexibility index (Phi) is 4.69. The number of nitrogens with two attached hydrogens (primary N) is 1. The predicted molar refractivity (Wildman–Crippen MR) is 68.6 cm³/mol. The Hall–Kier alpha value is -0.960. The molecule has 0 amide bonds. The maximum Gasteiger partial charge on any atom is 0.122 e. The molecule has 3 heteroatoms. The van der Waals surface area contributed by atoms with E-state index in [2.05, 4.69) is 19.9 Å². The molecular formula is C12H18N2S. The lowest BCUT2D eigenvalue weighted by molar-refractivity contribution is 1.10. The fourth-order valence-electron chi connectivity index (χ4n) is 1.35. The zero-order valence-electron chi connectivity index (χ0n) is 9.34. The average molecular weight is 222 g/mol. The van der Waals surface area contributed by atoms with E-state index in [-0.39, 0.29) is 5.84 Å². The summed E-state index contributed by atoms with van der Waals surface area (Å²) in [5, 5.41) is 7.34. The number of thioether (sulfide) groups is 1. The van der Waals surface area contributed by atoms with Gasteiger partial charge >= 0.3 is 0 Å². The largest absolute Gasteiger partial charge is 0.384 e. The Labute approximate surface area is 95.8 Å². The molecule has 0 aromatic heterocycles. The van der Waals surface area contributed by atoms with Crippen molar-refractivity contribution in [2.24, 2.45) is 5.73 Å². The molecule has 0 aliphatic heterocycles. The van der Waals surface area contributed by atoms with Gasteiger partial charge < -0.3 is 5.73 Å². The molecule has 0 bridgehead atoms. The van der Waals surface area contributed by atoms with Crippen LogP contribution in [0, 0.1) is 12.3 Å². The SMILES string of the molecule is CCCSCc1ccc(C(=N)N)cc1C. The van der Waals surface area contributed by atoms with E-state index in [1.54, 1.807) is 0 Å². The van der Waals surface area contributed by atoms with E-state index >= 15 is 0 Å². The first-order valence-electron chi connectivity index (χ1n) is 5.16. The van der Waals surface area contributed by atoms with Crippen molar-refractivity contribution in [3.63, 3.8) is 0 Å². The number of aryl methyl sites for hydroxylation is 1. The van der Waals surface area contributed by atoms with Crippen LogP contribution in [0.5, 0.6) is 0 Å². The quantitative estimate of drug-likeness (QED) is 0.457. The van der Waals surface area contributed by atoms with E-state index in [0.717, 1.165) is 11.3 Å². The van der Waals surface area contributed by atoms with Crippen molar-refractivity contribution in [3.8, 4) is 0 Å². The standard InChI is InChI=1S/C12H18N2S/c1-3-6-15-8-11-5-4-10(12(13)14)7-9(11)2/h4-5,7H,3,6,8H2,1-2H3,(H3,13,14). The molecule has 0 heterocycles. The van der Waals surface area contributed by atoms with Gasteiger partial charge in [0.25, 0.3) is 0 Å². The highest BCUT2D eigenvalue weighted by molar-refractivity contribution is 7.98. The Balaban J connectivity index is 2.70. The van der Waals surface area contributed by atoms with Crippen LogP contribution in [0.25, 0.3) is 0 Å². The molecule has 82 valence electrons. The minimum Gasteiger partial charge on any atom is -0.384 e. The van der Waals surface area contributed by atoms with Crippen LogP contribution in [-0.2, 0) is 5.75 Å². The van der Waals surface area contributed by atoms with Crippen molar-refractivity contribution >= 4 is 17.6 Å². The average Bonchev–Trinajstić information content (AvgIpc) is 2.20. The summed E-state index contributed by atoms with van der Waals surface area (Å²) in [6.45, 7) is 4.27. The zero-order valence-corrected chi connectivity index (χ0v) is 10.2. The summed E-state index contributed by atoms with van der Waals surface area (Å²) in [4.78, 5) is 0. The topological polar surface area (TPSA) is 49.9 Å². The number of rotatable bonds is 5. The lowest BCUT2D eigenvalue weighted by Crippen LogP contribution is -2.11. The van der Waals surface area contributed by atoms with Gasteiger partial charge in [0, 0.05) is 11.3 Å². The summed E-state index contributed by atoms with van der Waals surface area (Å²) in [5.41, 5.74) is 8.82. The lowest BCUT2D eigenvalue weighted by atomic mass is 10.1. The molecule has 1 rings (SSSR count). The summed E-state index contributed by atoms with van der Waals surface area (Å²) in [7, 11) is 0. The first kappa shape index (κ1) is 12.1. The fourth-order valence-corrected chi connectivity index (χ4v) is 2.33. The molecule has 1 aromatic carbocycles. The molecule has 0 aliphatic rings. The third-order valence-electron chi connectivity index (χ3n) is 2.26.